The van der Waals surface area contributed by atoms with Crippen LogP contribution in [-0.2, 0) is 24.8 Å². The molecule has 4 aliphatic rings. The number of aryl methyl sites for hydroxylation is 1. The smallest absolute Gasteiger partial charge is 0.253 e. The van der Waals surface area contributed by atoms with Crippen LogP contribution in [0.2, 0.25) is 0 Å². The molecule has 1 atom stereocenters. The van der Waals surface area contributed by atoms with Gasteiger partial charge in [-0.15, -0.1) is 0 Å². The first-order valence-corrected chi connectivity index (χ1v) is 19.5. The number of carbonyl (C=O) groups is 1. The van der Waals surface area contributed by atoms with Gasteiger partial charge in [0.1, 0.15) is 5.75 Å². The molecule has 2 saturated carbocycles. The fraction of sp³-hybridized carbons (Fsp3) is 0.545. The van der Waals surface area contributed by atoms with Crippen LogP contribution in [0, 0.1) is 19.3 Å². The highest BCUT2D eigenvalue weighted by Gasteiger charge is 2.37. The van der Waals surface area contributed by atoms with Crippen molar-refractivity contribution < 1.29 is 9.53 Å². The van der Waals surface area contributed by atoms with Gasteiger partial charge in [0.25, 0.3) is 5.56 Å². The van der Waals surface area contributed by atoms with E-state index in [2.05, 4.69) is 77.6 Å². The number of rotatable bonds is 8. The molecule has 2 aliphatic heterocycles. The van der Waals surface area contributed by atoms with E-state index >= 15 is 0 Å². The van der Waals surface area contributed by atoms with Crippen LogP contribution in [0.1, 0.15) is 106 Å². The fourth-order valence-corrected chi connectivity index (χ4v) is 8.15. The number of allylic oxidation sites excluding steroid dienone is 1. The van der Waals surface area contributed by atoms with Crippen molar-refractivity contribution in [2.24, 2.45) is 18.2 Å². The summed E-state index contributed by atoms with van der Waals surface area (Å²) in [6.45, 7) is 20.0. The minimum Gasteiger partial charge on any atom is -0.496 e. The van der Waals surface area contributed by atoms with Gasteiger partial charge in [-0.2, -0.15) is 0 Å². The van der Waals surface area contributed by atoms with Gasteiger partial charge in [0.05, 0.1) is 13.2 Å². The van der Waals surface area contributed by atoms with Gasteiger partial charge >= 0.3 is 0 Å². The Hall–Kier alpha value is -3.88. The van der Waals surface area contributed by atoms with Crippen LogP contribution < -0.4 is 20.9 Å². The number of nitrogens with two attached hydrogens (primary N) is 1. The topological polar surface area (TPSA) is 84.0 Å². The number of hydrogen-bond acceptors (Lipinski definition) is 6. The third kappa shape index (κ3) is 8.03. The molecule has 52 heavy (non-hydrogen) atoms. The minimum atomic E-state index is 0.0603. The van der Waals surface area contributed by atoms with Crippen molar-refractivity contribution in [2.75, 3.05) is 51.8 Å². The van der Waals surface area contributed by atoms with Crippen molar-refractivity contribution in [1.82, 2.24) is 14.4 Å². The molecule has 2 aromatic carbocycles. The van der Waals surface area contributed by atoms with E-state index in [9.17, 15) is 9.59 Å². The van der Waals surface area contributed by atoms with Crippen LogP contribution in [0.15, 0.2) is 53.0 Å². The summed E-state index contributed by atoms with van der Waals surface area (Å²) in [5.41, 5.74) is 16.5. The van der Waals surface area contributed by atoms with E-state index in [-0.39, 0.29) is 22.9 Å². The number of piperazine rings is 1. The summed E-state index contributed by atoms with van der Waals surface area (Å²) in [5, 5.41) is 0. The number of anilines is 1. The van der Waals surface area contributed by atoms with E-state index in [1.807, 2.05) is 40.9 Å². The molecule has 0 spiro atoms. The number of pyridine rings is 1. The standard InChI is InChI=1S/C41H52N4O3.C2H6.CH5N/c1-26(23-41(5)14-15-41)39(46)45-16-13-33-32(29(45)4)9-8-10-37(33)44-19-17-43(18-20-44)25-36-34(30-11-12-30)21-31(22-38(36)48-7)35-24-42(6)40(47)28(3)27(35)2;2*1-2/h8-10,21-24,29-30H,11-20,25H2,1-7H3;1-2H3;2H2,1H3/b26-23+;;. The number of carbonyl (C=O) groups excluding carboxylic acids is 1. The van der Waals surface area contributed by atoms with Crippen LogP contribution >= 0.6 is 0 Å². The van der Waals surface area contributed by atoms with Crippen molar-refractivity contribution in [1.29, 1.82) is 0 Å². The van der Waals surface area contributed by atoms with Gasteiger partial charge in [0.15, 0.2) is 0 Å². The zero-order chi connectivity index (χ0) is 37.9. The second-order valence-electron chi connectivity index (χ2n) is 15.2. The first-order valence-electron chi connectivity index (χ1n) is 19.5. The molecule has 2 aliphatic carbocycles. The molecular weight excluding hydrogens is 647 g/mol. The highest BCUT2D eigenvalue weighted by molar-refractivity contribution is 5.93. The summed E-state index contributed by atoms with van der Waals surface area (Å²) in [6.07, 6.45) is 9.89. The molecule has 1 unspecified atom stereocenters. The van der Waals surface area contributed by atoms with Gasteiger partial charge in [-0.05, 0) is 118 Å². The predicted molar refractivity (Wildman–Crippen MR) is 215 cm³/mol. The maximum Gasteiger partial charge on any atom is 0.253 e. The van der Waals surface area contributed by atoms with Crippen molar-refractivity contribution in [3.8, 4) is 16.9 Å². The van der Waals surface area contributed by atoms with Gasteiger partial charge in [-0.3, -0.25) is 14.5 Å². The Morgan fingerprint density at radius 3 is 2.29 bits per heavy atom. The zero-order valence-electron chi connectivity index (χ0n) is 33.6. The highest BCUT2D eigenvalue weighted by atomic mass is 16.5. The summed E-state index contributed by atoms with van der Waals surface area (Å²) in [5.74, 6) is 1.71. The molecule has 8 heteroatoms. The second-order valence-corrected chi connectivity index (χ2v) is 15.2. The van der Waals surface area contributed by atoms with Crippen molar-refractivity contribution >= 4 is 11.6 Å². The van der Waals surface area contributed by atoms with Crippen LogP contribution in [0.3, 0.4) is 0 Å². The molecule has 282 valence electrons. The lowest BCUT2D eigenvalue weighted by Gasteiger charge is -2.41. The molecular formula is C44H63N5O3. The average molecular weight is 710 g/mol. The predicted octanol–water partition coefficient (Wildman–Crippen LogP) is 7.67. The first kappa shape index (κ1) is 39.3. The van der Waals surface area contributed by atoms with E-state index < -0.39 is 0 Å². The Morgan fingerprint density at radius 2 is 1.67 bits per heavy atom. The number of amides is 1. The lowest BCUT2D eigenvalue weighted by atomic mass is 9.90. The van der Waals surface area contributed by atoms with Crippen molar-refractivity contribution in [3.05, 3.63) is 91.9 Å². The third-order valence-electron chi connectivity index (χ3n) is 11.7. The zero-order valence-corrected chi connectivity index (χ0v) is 33.6. The lowest BCUT2D eigenvalue weighted by molar-refractivity contribution is -0.129. The third-order valence-corrected chi connectivity index (χ3v) is 11.7. The monoisotopic (exact) mass is 709 g/mol. The Balaban J connectivity index is 0.00000126. The number of methoxy groups -OCH3 is 1. The molecule has 3 heterocycles. The summed E-state index contributed by atoms with van der Waals surface area (Å²) < 4.78 is 7.78. The molecule has 3 fully saturated rings. The van der Waals surface area contributed by atoms with Crippen molar-refractivity contribution in [2.45, 2.75) is 99.1 Å². The number of fused-ring (bicyclic) bond motifs is 1. The number of hydrogen-bond donors (Lipinski definition) is 1. The maximum atomic E-state index is 13.5. The van der Waals surface area contributed by atoms with Gasteiger partial charge in [-0.1, -0.05) is 45.0 Å². The number of nitrogens with zero attached hydrogens (tertiary/aromatic N) is 4. The number of ether oxygens (including phenoxy) is 1. The van der Waals surface area contributed by atoms with E-state index in [1.54, 1.807) is 11.7 Å². The summed E-state index contributed by atoms with van der Waals surface area (Å²) in [7, 11) is 5.12. The summed E-state index contributed by atoms with van der Waals surface area (Å²) in [6, 6.07) is 11.3. The van der Waals surface area contributed by atoms with E-state index in [1.165, 1.54) is 60.7 Å². The van der Waals surface area contributed by atoms with E-state index in [0.29, 0.717) is 5.92 Å². The highest BCUT2D eigenvalue weighted by Crippen LogP contribution is 2.48. The molecule has 0 bridgehead atoms. The van der Waals surface area contributed by atoms with Crippen LogP contribution in [0.4, 0.5) is 5.69 Å². The number of aromatic nitrogens is 1. The Bertz CT molecular complexity index is 1840. The van der Waals surface area contributed by atoms with Gasteiger partial charge in [0, 0.05) is 80.5 Å². The molecule has 8 nitrogen and oxygen atoms in total. The largest absolute Gasteiger partial charge is 0.496 e. The normalized spacial score (nSPS) is 19.5. The fourth-order valence-electron chi connectivity index (χ4n) is 8.15. The van der Waals surface area contributed by atoms with Gasteiger partial charge < -0.3 is 24.8 Å². The van der Waals surface area contributed by atoms with Crippen LogP contribution in [-0.4, -0.2) is 67.2 Å². The Morgan fingerprint density at radius 1 is 1.00 bits per heavy atom. The Labute approximate surface area is 312 Å². The second kappa shape index (κ2) is 16.4. The van der Waals surface area contributed by atoms with E-state index in [0.717, 1.165) is 79.3 Å². The van der Waals surface area contributed by atoms with E-state index in [4.69, 9.17) is 4.74 Å². The minimum absolute atomic E-state index is 0.0603. The maximum absolute atomic E-state index is 13.5. The Kier molecular flexibility index (Phi) is 12.4. The average Bonchev–Trinajstić information content (AvgIpc) is 4.12. The lowest BCUT2D eigenvalue weighted by Crippen LogP contribution is -2.47. The molecule has 1 amide bonds. The molecule has 0 radical (unpaired) electrons. The van der Waals surface area contributed by atoms with Gasteiger partial charge in [0.2, 0.25) is 5.91 Å². The van der Waals surface area contributed by atoms with Crippen molar-refractivity contribution in [3.63, 3.8) is 0 Å². The molecule has 1 aromatic heterocycles. The first-order chi connectivity index (χ1) is 25.0. The summed E-state index contributed by atoms with van der Waals surface area (Å²) >= 11 is 0. The molecule has 7 rings (SSSR count). The number of benzene rings is 2. The summed E-state index contributed by atoms with van der Waals surface area (Å²) in [4.78, 5) is 33.3. The SMILES string of the molecule is CC.CN.COc1cc(-c2cn(C)c(=O)c(C)c2C)cc(C2CC2)c1CN1CCN(c2cccc3c2CCN(C(=O)/C(C)=C/C2(C)CC2)C3C)CC1. The molecule has 2 N–H and O–H groups in total. The molecule has 1 saturated heterocycles. The quantitative estimate of drug-likeness (QED) is 0.242. The van der Waals surface area contributed by atoms with Crippen LogP contribution in [0.5, 0.6) is 5.75 Å². The van der Waals surface area contributed by atoms with Gasteiger partial charge in [-0.25, -0.2) is 0 Å². The molecule has 3 aromatic rings. The van der Waals surface area contributed by atoms with Crippen LogP contribution in [0.25, 0.3) is 11.1 Å².